The fraction of sp³-hybridized carbons (Fsp3) is 0. The molecule has 1 atom stereocenters. The third kappa shape index (κ3) is 1.46. The summed E-state index contributed by atoms with van der Waals surface area (Å²) in [6, 6.07) is 20.6. The van der Waals surface area contributed by atoms with Gasteiger partial charge in [-0.3, -0.25) is 9.78 Å². The molecule has 0 saturated heterocycles. The SMILES string of the molecule is O=c1c2ccc3c4c2n2c5c1cncc5c1ccc[n+](c12)[N+]41c2c(cccc2-c2cccc[n+]21)O3. The molecule has 0 amide bonds. The van der Waals surface area contributed by atoms with Crippen molar-refractivity contribution in [3.05, 3.63) is 95.7 Å². The Bertz CT molecular complexity index is 2230. The average Bonchev–Trinajstić information content (AvgIpc) is 3.40. The molecule has 0 fully saturated rings. The van der Waals surface area contributed by atoms with E-state index in [2.05, 4.69) is 67.5 Å². The van der Waals surface area contributed by atoms with Crippen LogP contribution in [0.2, 0.25) is 0 Å². The Kier molecular flexibility index (Phi) is 2.37. The van der Waals surface area contributed by atoms with Gasteiger partial charge in [0.25, 0.3) is 11.4 Å². The Hall–Kier alpha value is -4.88. The Labute approximate surface area is 196 Å². The zero-order valence-electron chi connectivity index (χ0n) is 18.1. The third-order valence-electron chi connectivity index (χ3n) is 8.00. The number of fused-ring (bicyclic) bond motifs is 3. The highest BCUT2D eigenvalue weighted by atomic mass is 16.5. The highest BCUT2D eigenvalue weighted by Crippen LogP contribution is 2.58. The van der Waals surface area contributed by atoms with Gasteiger partial charge in [-0.15, -0.1) is 0 Å². The lowest BCUT2D eigenvalue weighted by Gasteiger charge is -2.30. The fourth-order valence-electron chi connectivity index (χ4n) is 6.84. The average molecular weight is 452 g/mol. The van der Waals surface area contributed by atoms with Crippen LogP contribution < -0.4 is 24.2 Å². The van der Waals surface area contributed by atoms with Crippen molar-refractivity contribution in [2.45, 2.75) is 0 Å². The lowest BCUT2D eigenvalue weighted by Crippen LogP contribution is -2.83. The van der Waals surface area contributed by atoms with E-state index in [1.807, 2.05) is 30.5 Å². The molecule has 3 aliphatic rings. The van der Waals surface area contributed by atoms with Crippen molar-refractivity contribution in [3.8, 4) is 22.8 Å². The molecular weight excluding hydrogens is 438 g/mol. The second kappa shape index (κ2) is 4.96. The van der Waals surface area contributed by atoms with Gasteiger partial charge in [0.1, 0.15) is 10.3 Å². The van der Waals surface area contributed by atoms with E-state index in [1.165, 1.54) is 0 Å². The van der Waals surface area contributed by atoms with Crippen LogP contribution in [-0.2, 0) is 0 Å². The van der Waals surface area contributed by atoms with Crippen LogP contribution in [0.4, 0.5) is 11.4 Å². The Morgan fingerprint density at radius 3 is 2.60 bits per heavy atom. The van der Waals surface area contributed by atoms with Crippen LogP contribution >= 0.6 is 0 Å². The van der Waals surface area contributed by atoms with Gasteiger partial charge in [0.15, 0.2) is 17.5 Å². The number of aromatic nitrogens is 4. The molecule has 3 aliphatic heterocycles. The van der Waals surface area contributed by atoms with E-state index >= 15 is 0 Å². The van der Waals surface area contributed by atoms with Crippen molar-refractivity contribution in [2.24, 2.45) is 0 Å². The van der Waals surface area contributed by atoms with Crippen molar-refractivity contribution >= 4 is 49.6 Å². The van der Waals surface area contributed by atoms with Crippen molar-refractivity contribution in [1.82, 2.24) is 14.1 Å². The molecule has 7 heteroatoms. The van der Waals surface area contributed by atoms with Crippen molar-refractivity contribution in [3.63, 3.8) is 0 Å². The third-order valence-corrected chi connectivity index (χ3v) is 8.00. The molecule has 0 radical (unpaired) electrons. The first-order valence-electron chi connectivity index (χ1n) is 11.6. The van der Waals surface area contributed by atoms with Gasteiger partial charge in [0.2, 0.25) is 22.9 Å². The number of nitrogens with zero attached hydrogens (tertiary/aromatic N) is 5. The largest absolute Gasteiger partial charge is 0.444 e. The molecule has 1 spiro atoms. The van der Waals surface area contributed by atoms with Crippen LogP contribution in [-0.4, -0.2) is 9.38 Å². The molecule has 160 valence electrons. The molecule has 1 unspecified atom stereocenters. The van der Waals surface area contributed by atoms with Gasteiger partial charge in [-0.2, -0.15) is 4.40 Å². The van der Waals surface area contributed by atoms with Crippen LogP contribution in [0.15, 0.2) is 90.2 Å². The Morgan fingerprint density at radius 2 is 1.63 bits per heavy atom. The molecule has 7 aromatic rings. The summed E-state index contributed by atoms with van der Waals surface area (Å²) in [6.07, 6.45) is 7.83. The predicted molar refractivity (Wildman–Crippen MR) is 130 cm³/mol. The molecular formula is C28H14N5O2+3. The first kappa shape index (κ1) is 16.7. The van der Waals surface area contributed by atoms with E-state index in [4.69, 9.17) is 4.74 Å². The maximum Gasteiger partial charge on any atom is 0.352 e. The summed E-state index contributed by atoms with van der Waals surface area (Å²) in [5, 5.41) is 3.36. The standard InChI is InChI=1S/C28H14N5O2/c34-27-17-9-10-22-26-24(17)32-23-18(13-29-14-19(23)27)15-6-4-12-31(28(15)32)33(26)25-16(5-3-8-21(25)35-22)20-7-1-2-11-30(20)33/h1-14H/q+3. The number of quaternary nitrogens is 1. The smallest absolute Gasteiger partial charge is 0.352 e. The van der Waals surface area contributed by atoms with Crippen LogP contribution in [0.5, 0.6) is 11.5 Å². The van der Waals surface area contributed by atoms with Crippen LogP contribution in [0.1, 0.15) is 0 Å². The van der Waals surface area contributed by atoms with Gasteiger partial charge in [0.05, 0.1) is 21.5 Å². The number of ether oxygens (including phenoxy) is 1. The molecule has 35 heavy (non-hydrogen) atoms. The highest BCUT2D eigenvalue weighted by molar-refractivity contribution is 6.17. The van der Waals surface area contributed by atoms with Gasteiger partial charge in [-0.05, 0) is 42.5 Å². The molecule has 0 bridgehead atoms. The predicted octanol–water partition coefficient (Wildman–Crippen LogP) is 4.13. The molecule has 0 saturated carbocycles. The number of rotatable bonds is 0. The summed E-state index contributed by atoms with van der Waals surface area (Å²) in [6.45, 7) is 0. The topological polar surface area (TPSA) is 51.4 Å². The van der Waals surface area contributed by atoms with E-state index in [1.54, 1.807) is 6.20 Å². The van der Waals surface area contributed by atoms with E-state index < -0.39 is 0 Å². The van der Waals surface area contributed by atoms with E-state index in [0.29, 0.717) is 10.8 Å². The van der Waals surface area contributed by atoms with E-state index in [9.17, 15) is 4.79 Å². The monoisotopic (exact) mass is 452 g/mol. The van der Waals surface area contributed by atoms with Crippen LogP contribution in [0, 0.1) is 0 Å². The van der Waals surface area contributed by atoms with Gasteiger partial charge in [-0.25, -0.2) is 0 Å². The van der Waals surface area contributed by atoms with Gasteiger partial charge in [0, 0.05) is 33.9 Å². The summed E-state index contributed by atoms with van der Waals surface area (Å²) in [4.78, 5) is 18.3. The number of pyridine rings is 4. The lowest BCUT2D eigenvalue weighted by molar-refractivity contribution is -1.02. The second-order valence-corrected chi connectivity index (χ2v) is 9.43. The minimum atomic E-state index is -0.000583. The minimum absolute atomic E-state index is 0.000583. The minimum Gasteiger partial charge on any atom is -0.444 e. The van der Waals surface area contributed by atoms with Crippen molar-refractivity contribution in [2.75, 3.05) is 0 Å². The van der Waals surface area contributed by atoms with E-state index in [-0.39, 0.29) is 10.1 Å². The second-order valence-electron chi connectivity index (χ2n) is 9.43. The molecule has 2 aromatic carbocycles. The number of benzene rings is 2. The summed E-state index contributed by atoms with van der Waals surface area (Å²) >= 11 is 0. The number of hydrogen-bond donors (Lipinski definition) is 0. The fourth-order valence-corrected chi connectivity index (χ4v) is 6.84. The van der Waals surface area contributed by atoms with Crippen molar-refractivity contribution < 1.29 is 14.1 Å². The summed E-state index contributed by atoms with van der Waals surface area (Å²) < 4.78 is 13.7. The quantitative estimate of drug-likeness (QED) is 0.198. The van der Waals surface area contributed by atoms with Crippen molar-refractivity contribution in [1.29, 1.82) is 0 Å². The first-order chi connectivity index (χ1) is 17.3. The number of para-hydroxylation sites is 1. The molecule has 0 N–H and O–H groups in total. The summed E-state index contributed by atoms with van der Waals surface area (Å²) in [5.74, 6) is 1.57. The number of hydrogen-bond acceptors (Lipinski definition) is 3. The van der Waals surface area contributed by atoms with Gasteiger partial charge in [-0.1, -0.05) is 6.07 Å². The van der Waals surface area contributed by atoms with Crippen LogP contribution in [0.3, 0.4) is 0 Å². The molecule has 8 heterocycles. The van der Waals surface area contributed by atoms with Gasteiger partial charge < -0.3 is 4.74 Å². The Morgan fingerprint density at radius 1 is 0.743 bits per heavy atom. The molecule has 10 rings (SSSR count). The maximum absolute atomic E-state index is 13.9. The molecule has 7 nitrogen and oxygen atoms in total. The zero-order valence-corrected chi connectivity index (χ0v) is 18.1. The van der Waals surface area contributed by atoms with E-state index in [0.717, 1.165) is 61.6 Å². The summed E-state index contributed by atoms with van der Waals surface area (Å²) in [5.41, 5.74) is 7.03. The normalized spacial score (nSPS) is 18.2. The maximum atomic E-state index is 13.9. The molecule has 5 aromatic heterocycles. The molecule has 0 aliphatic carbocycles. The zero-order chi connectivity index (χ0) is 22.6. The van der Waals surface area contributed by atoms with Gasteiger partial charge >= 0.3 is 11.3 Å². The summed E-state index contributed by atoms with van der Waals surface area (Å²) in [7, 11) is 0. The Balaban J connectivity index is 1.64. The van der Waals surface area contributed by atoms with Crippen LogP contribution in [0.25, 0.3) is 49.5 Å². The highest BCUT2D eigenvalue weighted by Gasteiger charge is 2.68. The lowest BCUT2D eigenvalue weighted by atomic mass is 10.0. The first-order valence-corrected chi connectivity index (χ1v) is 11.6.